The summed E-state index contributed by atoms with van der Waals surface area (Å²) in [6, 6.07) is 13.5. The average Bonchev–Trinajstić information content (AvgIpc) is 2.57. The number of hydrogen-bond acceptors (Lipinski definition) is 4. The van der Waals surface area contributed by atoms with Crippen LogP contribution in [0.1, 0.15) is 31.1 Å². The molecule has 0 fully saturated rings. The van der Waals surface area contributed by atoms with Crippen molar-refractivity contribution in [3.8, 4) is 5.75 Å². The van der Waals surface area contributed by atoms with Gasteiger partial charge in [-0.15, -0.1) is 0 Å². The predicted octanol–water partition coefficient (Wildman–Crippen LogP) is 4.31. The van der Waals surface area contributed by atoms with Gasteiger partial charge in [-0.3, -0.25) is 4.79 Å². The van der Waals surface area contributed by atoms with E-state index in [-0.39, 0.29) is 12.0 Å². The van der Waals surface area contributed by atoms with Crippen LogP contribution in [0.2, 0.25) is 5.02 Å². The second-order valence-corrected chi connectivity index (χ2v) is 6.11. The molecular formula is C19H20ClNO4. The molecule has 1 amide bonds. The Hall–Kier alpha value is -2.53. The van der Waals surface area contributed by atoms with Crippen LogP contribution >= 0.6 is 11.6 Å². The second kappa shape index (κ2) is 8.53. The van der Waals surface area contributed by atoms with E-state index in [1.54, 1.807) is 69.3 Å². The second-order valence-electron chi connectivity index (χ2n) is 5.70. The minimum Gasteiger partial charge on any atom is -0.479 e. The molecule has 5 nitrogen and oxygen atoms in total. The van der Waals surface area contributed by atoms with Gasteiger partial charge in [-0.1, -0.05) is 23.7 Å². The van der Waals surface area contributed by atoms with Crippen molar-refractivity contribution in [1.82, 2.24) is 0 Å². The number of rotatable bonds is 6. The van der Waals surface area contributed by atoms with Crippen LogP contribution < -0.4 is 10.1 Å². The van der Waals surface area contributed by atoms with Crippen molar-refractivity contribution in [2.75, 3.05) is 5.32 Å². The van der Waals surface area contributed by atoms with Crippen molar-refractivity contribution in [1.29, 1.82) is 0 Å². The zero-order chi connectivity index (χ0) is 18.4. The lowest BCUT2D eigenvalue weighted by Crippen LogP contribution is -2.28. The fourth-order valence-electron chi connectivity index (χ4n) is 2.02. The number of esters is 1. The third-order valence-corrected chi connectivity index (χ3v) is 3.56. The number of nitrogens with one attached hydrogen (secondary N) is 1. The van der Waals surface area contributed by atoms with Gasteiger partial charge in [-0.2, -0.15) is 0 Å². The molecule has 0 radical (unpaired) electrons. The zero-order valence-electron chi connectivity index (χ0n) is 14.3. The van der Waals surface area contributed by atoms with Gasteiger partial charge in [0, 0.05) is 5.56 Å². The first-order chi connectivity index (χ1) is 11.9. The fourth-order valence-corrected chi connectivity index (χ4v) is 2.21. The number of halogens is 1. The molecule has 0 aliphatic carbocycles. The van der Waals surface area contributed by atoms with Crippen molar-refractivity contribution in [3.05, 3.63) is 59.1 Å². The Bertz CT molecular complexity index is 743. The molecule has 2 aromatic rings. The highest BCUT2D eigenvalue weighted by atomic mass is 35.5. The van der Waals surface area contributed by atoms with Crippen LogP contribution in [-0.2, 0) is 9.53 Å². The Labute approximate surface area is 151 Å². The molecular weight excluding hydrogens is 342 g/mol. The lowest BCUT2D eigenvalue weighted by atomic mass is 10.2. The molecule has 0 saturated carbocycles. The molecule has 0 aliphatic rings. The normalized spacial score (nSPS) is 11.7. The van der Waals surface area contributed by atoms with Crippen LogP contribution in [0, 0.1) is 0 Å². The maximum atomic E-state index is 12.2. The molecule has 0 heterocycles. The number of para-hydroxylation sites is 1. The summed E-state index contributed by atoms with van der Waals surface area (Å²) >= 11 is 6.03. The molecule has 0 aliphatic heterocycles. The first kappa shape index (κ1) is 18.8. The van der Waals surface area contributed by atoms with Crippen molar-refractivity contribution in [2.45, 2.75) is 33.0 Å². The third kappa shape index (κ3) is 5.50. The molecule has 25 heavy (non-hydrogen) atoms. The summed E-state index contributed by atoms with van der Waals surface area (Å²) in [7, 11) is 0. The smallest absolute Gasteiger partial charge is 0.347 e. The zero-order valence-corrected chi connectivity index (χ0v) is 15.0. The lowest BCUT2D eigenvalue weighted by Gasteiger charge is -2.16. The van der Waals surface area contributed by atoms with E-state index in [0.29, 0.717) is 22.0 Å². The lowest BCUT2D eigenvalue weighted by molar-refractivity contribution is -0.154. The Morgan fingerprint density at radius 1 is 1.00 bits per heavy atom. The van der Waals surface area contributed by atoms with Gasteiger partial charge < -0.3 is 14.8 Å². The van der Waals surface area contributed by atoms with Crippen molar-refractivity contribution in [3.63, 3.8) is 0 Å². The molecule has 2 rings (SSSR count). The van der Waals surface area contributed by atoms with E-state index >= 15 is 0 Å². The Morgan fingerprint density at radius 3 is 2.24 bits per heavy atom. The van der Waals surface area contributed by atoms with Gasteiger partial charge in [0.05, 0.1) is 16.8 Å². The summed E-state index contributed by atoms with van der Waals surface area (Å²) in [5, 5.41) is 3.21. The van der Waals surface area contributed by atoms with E-state index in [0.717, 1.165) is 0 Å². The summed E-state index contributed by atoms with van der Waals surface area (Å²) in [6.45, 7) is 5.16. The number of ether oxygens (including phenoxy) is 2. The maximum absolute atomic E-state index is 12.2. The summed E-state index contributed by atoms with van der Waals surface area (Å²) in [5.74, 6) is -0.245. The van der Waals surface area contributed by atoms with Crippen LogP contribution in [0.25, 0.3) is 0 Å². The Balaban J connectivity index is 1.98. The summed E-state index contributed by atoms with van der Waals surface area (Å²) in [4.78, 5) is 24.0. The van der Waals surface area contributed by atoms with Crippen LogP contribution in [-0.4, -0.2) is 24.1 Å². The molecule has 132 valence electrons. The molecule has 0 saturated heterocycles. The number of amides is 1. The van der Waals surface area contributed by atoms with Gasteiger partial charge in [0.25, 0.3) is 5.91 Å². The van der Waals surface area contributed by atoms with E-state index < -0.39 is 12.1 Å². The first-order valence-electron chi connectivity index (χ1n) is 7.90. The summed E-state index contributed by atoms with van der Waals surface area (Å²) in [6.07, 6.45) is -0.931. The van der Waals surface area contributed by atoms with Gasteiger partial charge in [0.1, 0.15) is 5.75 Å². The van der Waals surface area contributed by atoms with E-state index in [1.165, 1.54) is 0 Å². The maximum Gasteiger partial charge on any atom is 0.347 e. The molecule has 0 bridgehead atoms. The standard InChI is InChI=1S/C19H20ClNO4/c1-12(2)24-19(23)13(3)25-15-10-8-14(9-11-15)18(22)21-17-7-5-4-6-16(17)20/h4-13H,1-3H3,(H,21,22)/t13-/m1/s1. The van der Waals surface area contributed by atoms with Crippen molar-refractivity contribution < 1.29 is 19.1 Å². The highest BCUT2D eigenvalue weighted by Crippen LogP contribution is 2.22. The number of anilines is 1. The topological polar surface area (TPSA) is 64.6 Å². The number of hydrogen-bond donors (Lipinski definition) is 1. The minimum absolute atomic E-state index is 0.200. The molecule has 0 spiro atoms. The van der Waals surface area contributed by atoms with E-state index in [4.69, 9.17) is 21.1 Å². The highest BCUT2D eigenvalue weighted by Gasteiger charge is 2.17. The quantitative estimate of drug-likeness (QED) is 0.778. The average molecular weight is 362 g/mol. The number of carbonyl (C=O) groups excluding carboxylic acids is 2. The number of benzene rings is 2. The largest absolute Gasteiger partial charge is 0.479 e. The molecule has 6 heteroatoms. The van der Waals surface area contributed by atoms with Gasteiger partial charge in [0.2, 0.25) is 0 Å². The van der Waals surface area contributed by atoms with Crippen LogP contribution in [0.5, 0.6) is 5.75 Å². The fraction of sp³-hybridized carbons (Fsp3) is 0.263. The minimum atomic E-state index is -0.731. The highest BCUT2D eigenvalue weighted by molar-refractivity contribution is 6.33. The summed E-state index contributed by atoms with van der Waals surface area (Å²) < 4.78 is 10.6. The molecule has 2 aromatic carbocycles. The van der Waals surface area contributed by atoms with Crippen molar-refractivity contribution >= 4 is 29.2 Å². The van der Waals surface area contributed by atoms with Gasteiger partial charge in [-0.25, -0.2) is 4.79 Å². The van der Waals surface area contributed by atoms with Gasteiger partial charge in [0.15, 0.2) is 6.10 Å². The number of carbonyl (C=O) groups is 2. The molecule has 1 N–H and O–H groups in total. The SMILES string of the molecule is CC(C)OC(=O)[C@@H](C)Oc1ccc(C(=O)Nc2ccccc2Cl)cc1. The molecule has 0 aromatic heterocycles. The van der Waals surface area contributed by atoms with Gasteiger partial charge >= 0.3 is 5.97 Å². The van der Waals surface area contributed by atoms with E-state index in [2.05, 4.69) is 5.32 Å². The van der Waals surface area contributed by atoms with E-state index in [1.807, 2.05) is 0 Å². The Morgan fingerprint density at radius 2 is 1.64 bits per heavy atom. The van der Waals surface area contributed by atoms with Crippen molar-refractivity contribution in [2.24, 2.45) is 0 Å². The molecule has 1 atom stereocenters. The predicted molar refractivity (Wildman–Crippen MR) is 97.2 cm³/mol. The first-order valence-corrected chi connectivity index (χ1v) is 8.27. The van der Waals surface area contributed by atoms with Gasteiger partial charge in [-0.05, 0) is 57.2 Å². The third-order valence-electron chi connectivity index (χ3n) is 3.24. The molecule has 0 unspecified atom stereocenters. The van der Waals surface area contributed by atoms with Crippen LogP contribution in [0.4, 0.5) is 5.69 Å². The Kier molecular flexibility index (Phi) is 6.42. The summed E-state index contributed by atoms with van der Waals surface area (Å²) in [5.41, 5.74) is 0.990. The van der Waals surface area contributed by atoms with E-state index in [9.17, 15) is 9.59 Å². The van der Waals surface area contributed by atoms with Crippen LogP contribution in [0.3, 0.4) is 0 Å². The van der Waals surface area contributed by atoms with Crippen LogP contribution in [0.15, 0.2) is 48.5 Å². The monoisotopic (exact) mass is 361 g/mol.